The summed E-state index contributed by atoms with van der Waals surface area (Å²) in [7, 11) is -3.74. The zero-order valence-corrected chi connectivity index (χ0v) is 15.1. The molecule has 0 bridgehead atoms. The molecule has 0 saturated carbocycles. The molecule has 0 spiro atoms. The number of amides is 1. The minimum absolute atomic E-state index is 0.127. The predicted octanol–water partition coefficient (Wildman–Crippen LogP) is 1.66. The topological polar surface area (TPSA) is 66.9 Å². The molecule has 1 amide bonds. The van der Waals surface area contributed by atoms with E-state index in [9.17, 15) is 13.2 Å². The normalized spacial score (nSPS) is 22.8. The van der Waals surface area contributed by atoms with E-state index in [0.29, 0.717) is 50.7 Å². The van der Waals surface area contributed by atoms with Crippen molar-refractivity contribution in [1.29, 1.82) is 0 Å². The van der Waals surface area contributed by atoms with Crippen LogP contribution in [0.4, 0.5) is 0 Å². The fourth-order valence-electron chi connectivity index (χ4n) is 3.14. The van der Waals surface area contributed by atoms with Crippen LogP contribution in [0.1, 0.15) is 18.4 Å². The average Bonchev–Trinajstić information content (AvgIpc) is 3.08. The van der Waals surface area contributed by atoms with Crippen LogP contribution in [-0.4, -0.2) is 62.4 Å². The van der Waals surface area contributed by atoms with E-state index in [0.717, 1.165) is 5.56 Å². The molecule has 2 saturated heterocycles. The lowest BCUT2D eigenvalue weighted by Crippen LogP contribution is -2.50. The van der Waals surface area contributed by atoms with Crippen molar-refractivity contribution < 1.29 is 17.9 Å². The first-order chi connectivity index (χ1) is 11.4. The Morgan fingerprint density at radius 3 is 2.62 bits per heavy atom. The highest BCUT2D eigenvalue weighted by atomic mass is 35.5. The third kappa shape index (κ3) is 3.31. The molecule has 2 heterocycles. The van der Waals surface area contributed by atoms with Gasteiger partial charge >= 0.3 is 0 Å². The number of rotatable bonds is 3. The van der Waals surface area contributed by atoms with E-state index in [2.05, 4.69) is 0 Å². The van der Waals surface area contributed by atoms with Crippen LogP contribution in [0.25, 0.3) is 0 Å². The van der Waals surface area contributed by atoms with Crippen LogP contribution in [0, 0.1) is 6.92 Å². The van der Waals surface area contributed by atoms with Gasteiger partial charge in [-0.3, -0.25) is 4.79 Å². The van der Waals surface area contributed by atoms with E-state index in [-0.39, 0.29) is 10.8 Å². The highest BCUT2D eigenvalue weighted by Crippen LogP contribution is 2.29. The molecule has 8 heteroatoms. The number of carbonyl (C=O) groups excluding carboxylic acids is 1. The number of sulfonamides is 1. The highest BCUT2D eigenvalue weighted by Gasteiger charge is 2.41. The van der Waals surface area contributed by atoms with Crippen LogP contribution >= 0.6 is 11.6 Å². The minimum Gasteiger partial charge on any atom is -0.378 e. The van der Waals surface area contributed by atoms with Gasteiger partial charge in [-0.05, 0) is 37.5 Å². The van der Waals surface area contributed by atoms with Gasteiger partial charge in [0.15, 0.2) is 0 Å². The summed E-state index contributed by atoms with van der Waals surface area (Å²) in [4.78, 5) is 14.6. The van der Waals surface area contributed by atoms with Crippen molar-refractivity contribution in [3.63, 3.8) is 0 Å². The van der Waals surface area contributed by atoms with Gasteiger partial charge in [-0.2, -0.15) is 4.31 Å². The summed E-state index contributed by atoms with van der Waals surface area (Å²) in [6, 6.07) is 4.06. The zero-order chi connectivity index (χ0) is 17.3. The molecule has 0 aromatic heterocycles. The third-order valence-corrected chi connectivity index (χ3v) is 6.87. The zero-order valence-electron chi connectivity index (χ0n) is 13.6. The lowest BCUT2D eigenvalue weighted by atomic mass is 10.2. The van der Waals surface area contributed by atoms with Gasteiger partial charge in [0.25, 0.3) is 0 Å². The molecular weight excluding hydrogens is 352 g/mol. The van der Waals surface area contributed by atoms with Crippen LogP contribution in [0.3, 0.4) is 0 Å². The van der Waals surface area contributed by atoms with Crippen molar-refractivity contribution in [2.45, 2.75) is 30.7 Å². The number of nitrogens with zero attached hydrogens (tertiary/aromatic N) is 2. The lowest BCUT2D eigenvalue weighted by molar-refractivity contribution is -0.138. The molecule has 1 atom stereocenters. The van der Waals surface area contributed by atoms with E-state index in [1.165, 1.54) is 10.4 Å². The van der Waals surface area contributed by atoms with Gasteiger partial charge < -0.3 is 9.64 Å². The number of ether oxygens (including phenoxy) is 1. The highest BCUT2D eigenvalue weighted by molar-refractivity contribution is 7.89. The van der Waals surface area contributed by atoms with E-state index in [4.69, 9.17) is 16.3 Å². The Morgan fingerprint density at radius 2 is 1.96 bits per heavy atom. The summed E-state index contributed by atoms with van der Waals surface area (Å²) >= 11 is 6.08. The molecule has 132 valence electrons. The number of hydrogen-bond acceptors (Lipinski definition) is 4. The molecule has 6 nitrogen and oxygen atoms in total. The number of carbonyl (C=O) groups is 1. The Kier molecular flexibility index (Phi) is 5.15. The van der Waals surface area contributed by atoms with Gasteiger partial charge in [-0.25, -0.2) is 8.42 Å². The SMILES string of the molecule is Cc1ccc(S(=O)(=O)N2CCC[C@H]2C(=O)N2CCOCC2)cc1Cl. The van der Waals surface area contributed by atoms with Gasteiger partial charge in [-0.1, -0.05) is 17.7 Å². The maximum atomic E-state index is 13.0. The van der Waals surface area contributed by atoms with Crippen molar-refractivity contribution in [1.82, 2.24) is 9.21 Å². The van der Waals surface area contributed by atoms with Crippen LogP contribution in [-0.2, 0) is 19.6 Å². The Bertz CT molecular complexity index is 732. The molecule has 0 N–H and O–H groups in total. The Balaban J connectivity index is 1.85. The van der Waals surface area contributed by atoms with Gasteiger partial charge in [0, 0.05) is 24.7 Å². The molecule has 0 unspecified atom stereocenters. The van der Waals surface area contributed by atoms with Crippen molar-refractivity contribution >= 4 is 27.5 Å². The number of aryl methyl sites for hydroxylation is 1. The van der Waals surface area contributed by atoms with Crippen molar-refractivity contribution in [2.24, 2.45) is 0 Å². The number of hydrogen-bond donors (Lipinski definition) is 0. The molecule has 2 aliphatic heterocycles. The first-order valence-corrected chi connectivity index (χ1v) is 9.87. The monoisotopic (exact) mass is 372 g/mol. The van der Waals surface area contributed by atoms with Gasteiger partial charge in [0.05, 0.1) is 18.1 Å². The van der Waals surface area contributed by atoms with Crippen molar-refractivity contribution in [2.75, 3.05) is 32.8 Å². The molecule has 0 radical (unpaired) electrons. The van der Waals surface area contributed by atoms with Gasteiger partial charge in [0.2, 0.25) is 15.9 Å². The first kappa shape index (κ1) is 17.7. The quantitative estimate of drug-likeness (QED) is 0.809. The fraction of sp³-hybridized carbons (Fsp3) is 0.562. The molecule has 2 fully saturated rings. The number of benzene rings is 1. The second-order valence-electron chi connectivity index (χ2n) is 6.12. The molecular formula is C16H21ClN2O4S. The lowest BCUT2D eigenvalue weighted by Gasteiger charge is -2.32. The second-order valence-corrected chi connectivity index (χ2v) is 8.42. The molecule has 0 aliphatic carbocycles. The van der Waals surface area contributed by atoms with Crippen molar-refractivity contribution in [3.05, 3.63) is 28.8 Å². The van der Waals surface area contributed by atoms with Crippen LogP contribution in [0.2, 0.25) is 5.02 Å². The van der Waals surface area contributed by atoms with E-state index in [1.54, 1.807) is 17.0 Å². The first-order valence-electron chi connectivity index (χ1n) is 8.06. The summed E-state index contributed by atoms with van der Waals surface area (Å²) in [6.07, 6.45) is 1.23. The fourth-order valence-corrected chi connectivity index (χ4v) is 5.06. The maximum absolute atomic E-state index is 13.0. The minimum atomic E-state index is -3.74. The smallest absolute Gasteiger partial charge is 0.243 e. The van der Waals surface area contributed by atoms with Crippen LogP contribution in [0.15, 0.2) is 23.1 Å². The van der Waals surface area contributed by atoms with Crippen LogP contribution in [0.5, 0.6) is 0 Å². The van der Waals surface area contributed by atoms with E-state index < -0.39 is 16.1 Å². The largest absolute Gasteiger partial charge is 0.378 e. The summed E-state index contributed by atoms with van der Waals surface area (Å²) in [5.74, 6) is -0.127. The van der Waals surface area contributed by atoms with Gasteiger partial charge in [0.1, 0.15) is 6.04 Å². The van der Waals surface area contributed by atoms with Gasteiger partial charge in [-0.15, -0.1) is 0 Å². The summed E-state index contributed by atoms with van der Waals surface area (Å²) in [6.45, 7) is 4.20. The average molecular weight is 373 g/mol. The standard InChI is InChI=1S/C16H21ClN2O4S/c1-12-4-5-13(11-14(12)17)24(21,22)19-6-2-3-15(19)16(20)18-7-9-23-10-8-18/h4-5,11,15H,2-3,6-10H2,1H3/t15-/m0/s1. The summed E-state index contributed by atoms with van der Waals surface area (Å²) in [5, 5.41) is 0.409. The van der Waals surface area contributed by atoms with E-state index >= 15 is 0 Å². The number of morpholine rings is 1. The Hall–Kier alpha value is -1.15. The molecule has 1 aromatic carbocycles. The molecule has 3 rings (SSSR count). The summed E-state index contributed by atoms with van der Waals surface area (Å²) in [5.41, 5.74) is 0.818. The third-order valence-electron chi connectivity index (χ3n) is 4.56. The van der Waals surface area contributed by atoms with E-state index in [1.807, 2.05) is 6.92 Å². The molecule has 1 aromatic rings. The number of halogens is 1. The molecule has 2 aliphatic rings. The predicted molar refractivity (Wildman–Crippen MR) is 90.5 cm³/mol. The van der Waals surface area contributed by atoms with Crippen molar-refractivity contribution in [3.8, 4) is 0 Å². The Labute approximate surface area is 147 Å². The Morgan fingerprint density at radius 1 is 1.25 bits per heavy atom. The summed E-state index contributed by atoms with van der Waals surface area (Å²) < 4.78 is 32.5. The maximum Gasteiger partial charge on any atom is 0.243 e. The molecule has 24 heavy (non-hydrogen) atoms. The second kappa shape index (κ2) is 7.00. The van der Waals surface area contributed by atoms with Crippen LogP contribution < -0.4 is 0 Å².